The van der Waals surface area contributed by atoms with Crippen LogP contribution < -0.4 is 10.9 Å². The van der Waals surface area contributed by atoms with Gasteiger partial charge in [-0.2, -0.15) is 0 Å². The van der Waals surface area contributed by atoms with Crippen LogP contribution in [-0.2, 0) is 11.2 Å². The fourth-order valence-corrected chi connectivity index (χ4v) is 4.61. The van der Waals surface area contributed by atoms with E-state index in [0.29, 0.717) is 16.6 Å². The first-order chi connectivity index (χ1) is 15.6. The summed E-state index contributed by atoms with van der Waals surface area (Å²) in [5.41, 5.74) is 5.98. The van der Waals surface area contributed by atoms with Crippen LogP contribution in [0.3, 0.4) is 0 Å². The zero-order chi connectivity index (χ0) is 22.3. The number of carbonyl (C=O) groups excluding carboxylic acids is 2. The van der Waals surface area contributed by atoms with E-state index in [2.05, 4.69) is 27.1 Å². The number of aromatic nitrogens is 3. The molecule has 2 aromatic heterocycles. The van der Waals surface area contributed by atoms with E-state index in [-0.39, 0.29) is 17.2 Å². The van der Waals surface area contributed by atoms with Crippen LogP contribution in [0.2, 0.25) is 5.02 Å². The van der Waals surface area contributed by atoms with Gasteiger partial charge in [0.15, 0.2) is 5.16 Å². The third kappa shape index (κ3) is 5.37. The van der Waals surface area contributed by atoms with Crippen molar-refractivity contribution in [2.75, 3.05) is 5.75 Å². The zero-order valence-electron chi connectivity index (χ0n) is 16.7. The first kappa shape index (κ1) is 22.1. The van der Waals surface area contributed by atoms with Crippen LogP contribution >= 0.6 is 34.7 Å². The summed E-state index contributed by atoms with van der Waals surface area (Å²) in [6.07, 6.45) is 0.639. The highest BCUT2D eigenvalue weighted by Gasteiger charge is 2.17. The highest BCUT2D eigenvalue weighted by molar-refractivity contribution is 7.99. The lowest BCUT2D eigenvalue weighted by atomic mass is 10.2. The molecule has 2 amide bonds. The molecule has 7 nitrogen and oxygen atoms in total. The number of hydrogen-bond acceptors (Lipinski definition) is 6. The summed E-state index contributed by atoms with van der Waals surface area (Å²) >= 11 is 8.90. The average molecular weight is 484 g/mol. The number of halogens is 1. The summed E-state index contributed by atoms with van der Waals surface area (Å²) in [5.74, 6) is -0.0294. The summed E-state index contributed by atoms with van der Waals surface area (Å²) in [6, 6.07) is 20.4. The normalized spacial score (nSPS) is 10.7. The Morgan fingerprint density at radius 2 is 1.75 bits per heavy atom. The fourth-order valence-electron chi connectivity index (χ4n) is 2.92. The summed E-state index contributed by atoms with van der Waals surface area (Å²) in [7, 11) is 0. The molecule has 0 atom stereocenters. The van der Waals surface area contributed by atoms with Gasteiger partial charge in [-0.15, -0.1) is 21.5 Å². The number of thiophene rings is 1. The van der Waals surface area contributed by atoms with E-state index in [1.54, 1.807) is 35.6 Å². The van der Waals surface area contributed by atoms with Gasteiger partial charge in [-0.05, 0) is 35.7 Å². The van der Waals surface area contributed by atoms with Crippen molar-refractivity contribution in [2.24, 2.45) is 0 Å². The van der Waals surface area contributed by atoms with Gasteiger partial charge in [0.25, 0.3) is 5.91 Å². The molecular weight excluding hydrogens is 466 g/mol. The van der Waals surface area contributed by atoms with E-state index in [4.69, 9.17) is 11.6 Å². The minimum atomic E-state index is -0.486. The second-order valence-corrected chi connectivity index (χ2v) is 8.98. The molecule has 32 heavy (non-hydrogen) atoms. The van der Waals surface area contributed by atoms with Crippen LogP contribution in [0, 0.1) is 0 Å². The minimum absolute atomic E-state index is 0.0484. The molecule has 2 N–H and O–H groups in total. The van der Waals surface area contributed by atoms with Crippen molar-refractivity contribution < 1.29 is 9.59 Å². The van der Waals surface area contributed by atoms with Crippen LogP contribution in [0.4, 0.5) is 0 Å². The van der Waals surface area contributed by atoms with Gasteiger partial charge in [0.1, 0.15) is 5.82 Å². The predicted octanol–water partition coefficient (Wildman–Crippen LogP) is 4.13. The summed E-state index contributed by atoms with van der Waals surface area (Å²) in [5, 5.41) is 11.6. The Morgan fingerprint density at radius 3 is 2.50 bits per heavy atom. The molecular formula is C22H18ClN5O2S2. The number of amides is 2. The number of para-hydroxylation sites is 1. The maximum Gasteiger partial charge on any atom is 0.271 e. The molecule has 4 aromatic rings. The highest BCUT2D eigenvalue weighted by Crippen LogP contribution is 2.24. The fraction of sp³-hybridized carbons (Fsp3) is 0.0909. The molecule has 0 bridgehead atoms. The van der Waals surface area contributed by atoms with Crippen molar-refractivity contribution in [1.82, 2.24) is 25.6 Å². The van der Waals surface area contributed by atoms with Gasteiger partial charge in [-0.25, -0.2) is 0 Å². The van der Waals surface area contributed by atoms with Crippen LogP contribution in [0.1, 0.15) is 21.1 Å². The summed E-state index contributed by atoms with van der Waals surface area (Å²) in [4.78, 5) is 25.7. The Bertz CT molecular complexity index is 1210. The van der Waals surface area contributed by atoms with Crippen molar-refractivity contribution in [1.29, 1.82) is 0 Å². The number of nitrogens with one attached hydrogen (secondary N) is 2. The average Bonchev–Trinajstić information content (AvgIpc) is 3.47. The Labute approximate surface area is 197 Å². The number of rotatable bonds is 7. The van der Waals surface area contributed by atoms with E-state index in [0.717, 1.165) is 11.5 Å². The van der Waals surface area contributed by atoms with Crippen LogP contribution in [-0.4, -0.2) is 32.3 Å². The van der Waals surface area contributed by atoms with E-state index in [1.807, 2.05) is 46.3 Å². The van der Waals surface area contributed by atoms with E-state index in [1.165, 1.54) is 16.6 Å². The van der Waals surface area contributed by atoms with E-state index < -0.39 is 5.91 Å². The van der Waals surface area contributed by atoms with Crippen molar-refractivity contribution in [2.45, 2.75) is 11.6 Å². The summed E-state index contributed by atoms with van der Waals surface area (Å²) < 4.78 is 1.94. The molecule has 0 aliphatic carbocycles. The Balaban J connectivity index is 1.42. The number of nitrogens with zero attached hydrogens (tertiary/aromatic N) is 3. The van der Waals surface area contributed by atoms with Crippen LogP contribution in [0.5, 0.6) is 0 Å². The third-order valence-electron chi connectivity index (χ3n) is 4.39. The summed E-state index contributed by atoms with van der Waals surface area (Å²) in [6.45, 7) is 0. The lowest BCUT2D eigenvalue weighted by molar-refractivity contribution is -0.119. The van der Waals surface area contributed by atoms with Crippen molar-refractivity contribution in [3.8, 4) is 5.69 Å². The zero-order valence-corrected chi connectivity index (χ0v) is 19.1. The molecule has 10 heteroatoms. The Kier molecular flexibility index (Phi) is 7.21. The minimum Gasteiger partial charge on any atom is -0.274 e. The molecule has 0 spiro atoms. The standard InChI is InChI=1S/C22H18ClN5O2S2/c23-18-11-5-4-10-17(18)21(30)26-25-20(29)14-32-22-27-24-19(13-16-9-6-12-31-16)28(22)15-7-2-1-3-8-15/h1-12H,13-14H2,(H,25,29)(H,26,30). The molecule has 2 aromatic carbocycles. The van der Waals surface area contributed by atoms with Gasteiger partial charge in [0.05, 0.1) is 16.3 Å². The number of benzene rings is 2. The van der Waals surface area contributed by atoms with Gasteiger partial charge in [0.2, 0.25) is 5.91 Å². The Morgan fingerprint density at radius 1 is 0.969 bits per heavy atom. The monoisotopic (exact) mass is 483 g/mol. The number of carbonyl (C=O) groups is 2. The highest BCUT2D eigenvalue weighted by atomic mass is 35.5. The molecule has 0 saturated carbocycles. The first-order valence-corrected chi connectivity index (χ1v) is 11.8. The van der Waals surface area contributed by atoms with Crippen molar-refractivity contribution in [3.05, 3.63) is 93.4 Å². The lowest BCUT2D eigenvalue weighted by Crippen LogP contribution is -2.42. The maximum absolute atomic E-state index is 12.3. The SMILES string of the molecule is O=C(CSc1nnc(Cc2cccs2)n1-c1ccccc1)NNC(=O)c1ccccc1Cl. The van der Waals surface area contributed by atoms with Gasteiger partial charge < -0.3 is 0 Å². The van der Waals surface area contributed by atoms with Crippen molar-refractivity contribution >= 4 is 46.5 Å². The number of hydrazine groups is 1. The molecule has 0 saturated heterocycles. The van der Waals surface area contributed by atoms with Crippen LogP contribution in [0.15, 0.2) is 77.3 Å². The molecule has 4 rings (SSSR count). The molecule has 0 radical (unpaired) electrons. The second-order valence-electron chi connectivity index (χ2n) is 6.60. The Hall–Kier alpha value is -3.14. The third-order valence-corrected chi connectivity index (χ3v) is 6.53. The number of thioether (sulfide) groups is 1. The topological polar surface area (TPSA) is 88.9 Å². The molecule has 0 aliphatic rings. The first-order valence-electron chi connectivity index (χ1n) is 9.60. The predicted molar refractivity (Wildman–Crippen MR) is 126 cm³/mol. The largest absolute Gasteiger partial charge is 0.274 e. The number of hydrogen-bond donors (Lipinski definition) is 2. The molecule has 0 fully saturated rings. The quantitative estimate of drug-likeness (QED) is 0.305. The van der Waals surface area contributed by atoms with E-state index >= 15 is 0 Å². The second kappa shape index (κ2) is 10.4. The van der Waals surface area contributed by atoms with Gasteiger partial charge >= 0.3 is 0 Å². The van der Waals surface area contributed by atoms with Gasteiger partial charge in [-0.3, -0.25) is 25.0 Å². The van der Waals surface area contributed by atoms with E-state index in [9.17, 15) is 9.59 Å². The molecule has 0 unspecified atom stereocenters. The van der Waals surface area contributed by atoms with Crippen LogP contribution in [0.25, 0.3) is 5.69 Å². The smallest absolute Gasteiger partial charge is 0.271 e. The van der Waals surface area contributed by atoms with Gasteiger partial charge in [0, 0.05) is 17.0 Å². The van der Waals surface area contributed by atoms with Gasteiger partial charge in [-0.1, -0.05) is 59.8 Å². The molecule has 2 heterocycles. The molecule has 162 valence electrons. The maximum atomic E-state index is 12.3. The lowest BCUT2D eigenvalue weighted by Gasteiger charge is -2.10. The van der Waals surface area contributed by atoms with Crippen molar-refractivity contribution in [3.63, 3.8) is 0 Å². The molecule has 0 aliphatic heterocycles.